The fraction of sp³-hybridized carbons (Fsp3) is 0.636. The summed E-state index contributed by atoms with van der Waals surface area (Å²) in [4.78, 5) is 18.4. The van der Waals surface area contributed by atoms with Crippen molar-refractivity contribution in [3.63, 3.8) is 0 Å². The van der Waals surface area contributed by atoms with Crippen molar-refractivity contribution in [1.82, 2.24) is 14.5 Å². The smallest absolute Gasteiger partial charge is 0.230 e. The highest BCUT2D eigenvalue weighted by Crippen LogP contribution is 2.46. The minimum Gasteiger partial charge on any atom is -0.333 e. The van der Waals surface area contributed by atoms with Crippen molar-refractivity contribution in [2.75, 3.05) is 13.1 Å². The van der Waals surface area contributed by atoms with Gasteiger partial charge in [0.05, 0.1) is 12.0 Å². The van der Waals surface area contributed by atoms with Gasteiger partial charge in [0.25, 0.3) is 0 Å². The van der Waals surface area contributed by atoms with Gasteiger partial charge in [-0.2, -0.15) is 0 Å². The lowest BCUT2D eigenvalue weighted by Crippen LogP contribution is -2.44. The molecule has 0 spiro atoms. The molecule has 1 fully saturated rings. The molecule has 86 valence electrons. The van der Waals surface area contributed by atoms with Crippen molar-refractivity contribution >= 4 is 5.91 Å². The Kier molecular flexibility index (Phi) is 2.04. The molecule has 2 N–H and O–H groups in total. The van der Waals surface area contributed by atoms with Gasteiger partial charge in [0.1, 0.15) is 5.82 Å². The Morgan fingerprint density at radius 3 is 3.00 bits per heavy atom. The summed E-state index contributed by atoms with van der Waals surface area (Å²) in [6, 6.07) is 0. The van der Waals surface area contributed by atoms with Crippen LogP contribution in [0, 0.1) is 5.41 Å². The van der Waals surface area contributed by atoms with Crippen molar-refractivity contribution in [3.05, 3.63) is 18.2 Å². The lowest BCUT2D eigenvalue weighted by atomic mass is 10.1. The molecule has 0 saturated heterocycles. The maximum atomic E-state index is 12.3. The fourth-order valence-electron chi connectivity index (χ4n) is 2.34. The molecule has 0 unspecified atom stereocenters. The Labute approximate surface area is 94.2 Å². The van der Waals surface area contributed by atoms with Crippen molar-refractivity contribution in [3.8, 4) is 0 Å². The predicted molar refractivity (Wildman–Crippen MR) is 58.4 cm³/mol. The zero-order chi connectivity index (χ0) is 11.2. The van der Waals surface area contributed by atoms with E-state index in [2.05, 4.69) is 9.55 Å². The number of amides is 1. The molecule has 1 saturated carbocycles. The summed E-state index contributed by atoms with van der Waals surface area (Å²) in [5.74, 6) is 1.21. The molecule has 1 aliphatic carbocycles. The molecule has 0 radical (unpaired) electrons. The van der Waals surface area contributed by atoms with Crippen LogP contribution in [0.1, 0.15) is 18.7 Å². The van der Waals surface area contributed by atoms with Gasteiger partial charge in [0.2, 0.25) is 5.91 Å². The van der Waals surface area contributed by atoms with Crippen LogP contribution in [-0.2, 0) is 17.9 Å². The van der Waals surface area contributed by atoms with Gasteiger partial charge in [-0.1, -0.05) is 0 Å². The summed E-state index contributed by atoms with van der Waals surface area (Å²) >= 11 is 0. The van der Waals surface area contributed by atoms with Crippen molar-refractivity contribution < 1.29 is 4.79 Å². The summed E-state index contributed by atoms with van der Waals surface area (Å²) in [7, 11) is 0. The van der Waals surface area contributed by atoms with Crippen LogP contribution in [0.15, 0.2) is 12.4 Å². The summed E-state index contributed by atoms with van der Waals surface area (Å²) in [6.45, 7) is 2.75. The molecule has 0 aromatic carbocycles. The van der Waals surface area contributed by atoms with Crippen LogP contribution >= 0.6 is 0 Å². The first-order chi connectivity index (χ1) is 7.75. The van der Waals surface area contributed by atoms with Gasteiger partial charge in [-0.15, -0.1) is 0 Å². The van der Waals surface area contributed by atoms with Gasteiger partial charge in [-0.3, -0.25) is 4.79 Å². The van der Waals surface area contributed by atoms with Crippen LogP contribution in [0.5, 0.6) is 0 Å². The Morgan fingerprint density at radius 1 is 1.50 bits per heavy atom. The first-order valence-electron chi connectivity index (χ1n) is 5.75. The lowest BCUT2D eigenvalue weighted by Gasteiger charge is -2.30. The van der Waals surface area contributed by atoms with E-state index in [0.717, 1.165) is 31.8 Å². The topological polar surface area (TPSA) is 64.2 Å². The summed E-state index contributed by atoms with van der Waals surface area (Å²) < 4.78 is 2.10. The van der Waals surface area contributed by atoms with E-state index >= 15 is 0 Å². The van der Waals surface area contributed by atoms with E-state index in [-0.39, 0.29) is 11.3 Å². The maximum Gasteiger partial charge on any atom is 0.230 e. The normalized spacial score (nSPS) is 21.7. The highest BCUT2D eigenvalue weighted by atomic mass is 16.2. The molecule has 1 aliphatic heterocycles. The highest BCUT2D eigenvalue weighted by Gasteiger charge is 2.50. The van der Waals surface area contributed by atoms with Crippen LogP contribution in [0.4, 0.5) is 0 Å². The zero-order valence-electron chi connectivity index (χ0n) is 9.22. The predicted octanol–water partition coefficient (Wildman–Crippen LogP) is -0.0358. The SMILES string of the molecule is NCC1(C(=O)N2CCn3ccnc3C2)CC1. The largest absolute Gasteiger partial charge is 0.333 e. The molecule has 1 aromatic rings. The number of aromatic nitrogens is 2. The van der Waals surface area contributed by atoms with Crippen LogP contribution < -0.4 is 5.73 Å². The number of nitrogens with two attached hydrogens (primary N) is 1. The van der Waals surface area contributed by atoms with Gasteiger partial charge < -0.3 is 15.2 Å². The van der Waals surface area contributed by atoms with Gasteiger partial charge in [-0.25, -0.2) is 4.98 Å². The number of fused-ring (bicyclic) bond motifs is 1. The van der Waals surface area contributed by atoms with Crippen LogP contribution in [-0.4, -0.2) is 33.4 Å². The average molecular weight is 220 g/mol. The third-order valence-electron chi connectivity index (χ3n) is 3.73. The zero-order valence-corrected chi connectivity index (χ0v) is 9.22. The molecule has 16 heavy (non-hydrogen) atoms. The molecule has 0 bridgehead atoms. The molecular weight excluding hydrogens is 204 g/mol. The average Bonchev–Trinajstić information content (AvgIpc) is 2.98. The molecule has 5 nitrogen and oxygen atoms in total. The number of hydrogen-bond acceptors (Lipinski definition) is 3. The number of hydrogen-bond donors (Lipinski definition) is 1. The van der Waals surface area contributed by atoms with Crippen molar-refractivity contribution in [1.29, 1.82) is 0 Å². The minimum atomic E-state index is -0.227. The molecule has 0 atom stereocenters. The summed E-state index contributed by atoms with van der Waals surface area (Å²) in [6.07, 6.45) is 5.66. The Morgan fingerprint density at radius 2 is 2.31 bits per heavy atom. The van der Waals surface area contributed by atoms with E-state index in [9.17, 15) is 4.79 Å². The third-order valence-corrected chi connectivity index (χ3v) is 3.73. The van der Waals surface area contributed by atoms with E-state index in [0.29, 0.717) is 13.1 Å². The maximum absolute atomic E-state index is 12.3. The first kappa shape index (κ1) is 9.84. The lowest BCUT2D eigenvalue weighted by molar-refractivity contribution is -0.138. The molecule has 3 rings (SSSR count). The van der Waals surface area contributed by atoms with Crippen LogP contribution in [0.25, 0.3) is 0 Å². The second kappa shape index (κ2) is 3.31. The van der Waals surface area contributed by atoms with E-state index in [1.54, 1.807) is 6.20 Å². The Bertz CT molecular complexity index is 421. The number of carbonyl (C=O) groups is 1. The highest BCUT2D eigenvalue weighted by molar-refractivity contribution is 5.85. The molecule has 1 amide bonds. The van der Waals surface area contributed by atoms with Crippen LogP contribution in [0.2, 0.25) is 0 Å². The van der Waals surface area contributed by atoms with E-state index < -0.39 is 0 Å². The quantitative estimate of drug-likeness (QED) is 0.761. The number of carbonyl (C=O) groups excluding carboxylic acids is 1. The Balaban J connectivity index is 1.77. The number of imidazole rings is 1. The molecule has 1 aromatic heterocycles. The van der Waals surface area contributed by atoms with Gasteiger partial charge >= 0.3 is 0 Å². The van der Waals surface area contributed by atoms with Gasteiger partial charge in [0.15, 0.2) is 0 Å². The fourth-order valence-corrected chi connectivity index (χ4v) is 2.34. The number of rotatable bonds is 2. The summed E-state index contributed by atoms with van der Waals surface area (Å²) in [5.41, 5.74) is 5.46. The summed E-state index contributed by atoms with van der Waals surface area (Å²) in [5, 5.41) is 0. The second-order valence-corrected chi connectivity index (χ2v) is 4.75. The first-order valence-corrected chi connectivity index (χ1v) is 5.75. The van der Waals surface area contributed by atoms with E-state index in [4.69, 9.17) is 5.73 Å². The minimum absolute atomic E-state index is 0.226. The number of nitrogens with zero attached hydrogens (tertiary/aromatic N) is 3. The van der Waals surface area contributed by atoms with Crippen molar-refractivity contribution in [2.45, 2.75) is 25.9 Å². The van der Waals surface area contributed by atoms with E-state index in [1.165, 1.54) is 0 Å². The van der Waals surface area contributed by atoms with Gasteiger partial charge in [-0.05, 0) is 12.8 Å². The molecule has 2 aliphatic rings. The standard InChI is InChI=1S/C11H16N4O/c12-8-11(1-2-11)10(16)15-6-5-14-4-3-13-9(14)7-15/h3-4H,1-2,5-8,12H2. The van der Waals surface area contributed by atoms with Crippen molar-refractivity contribution in [2.24, 2.45) is 11.1 Å². The Hall–Kier alpha value is -1.36. The third kappa shape index (κ3) is 1.35. The van der Waals surface area contributed by atoms with E-state index in [1.807, 2.05) is 11.1 Å². The molecule has 2 heterocycles. The monoisotopic (exact) mass is 220 g/mol. The second-order valence-electron chi connectivity index (χ2n) is 4.75. The molecule has 5 heteroatoms. The van der Waals surface area contributed by atoms with Crippen LogP contribution in [0.3, 0.4) is 0 Å². The van der Waals surface area contributed by atoms with Gasteiger partial charge in [0, 0.05) is 32.0 Å². The molecular formula is C11H16N4O.